The van der Waals surface area contributed by atoms with Crippen molar-refractivity contribution in [1.29, 1.82) is 0 Å². The highest BCUT2D eigenvalue weighted by Gasteiger charge is 2.10. The van der Waals surface area contributed by atoms with E-state index in [4.69, 9.17) is 5.14 Å². The van der Waals surface area contributed by atoms with Crippen LogP contribution < -0.4 is 5.14 Å². The number of nitrogens with two attached hydrogens (primary N) is 1. The van der Waals surface area contributed by atoms with Gasteiger partial charge in [0.1, 0.15) is 0 Å². The molecule has 1 aromatic rings. The molecule has 1 rings (SSSR count). The van der Waals surface area contributed by atoms with Gasteiger partial charge in [0.05, 0.1) is 0 Å². The van der Waals surface area contributed by atoms with E-state index in [-0.39, 0.29) is 0 Å². The van der Waals surface area contributed by atoms with Gasteiger partial charge in [-0.25, -0.2) is 5.14 Å². The van der Waals surface area contributed by atoms with Crippen LogP contribution in [0.4, 0.5) is 0 Å². The first-order valence-electron chi connectivity index (χ1n) is 4.28. The van der Waals surface area contributed by atoms with Gasteiger partial charge < -0.3 is 0 Å². The minimum atomic E-state index is -3.54. The smallest absolute Gasteiger partial charge is 0.216 e. The highest BCUT2D eigenvalue weighted by atomic mass is 32.2. The van der Waals surface area contributed by atoms with Crippen LogP contribution in [0.25, 0.3) is 0 Å². The van der Waals surface area contributed by atoms with Crippen molar-refractivity contribution in [3.63, 3.8) is 0 Å². The van der Waals surface area contributed by atoms with Crippen molar-refractivity contribution in [3.05, 3.63) is 35.9 Å². The van der Waals surface area contributed by atoms with Crippen LogP contribution in [0.5, 0.6) is 0 Å². The van der Waals surface area contributed by atoms with Crippen molar-refractivity contribution in [3.8, 4) is 0 Å². The summed E-state index contributed by atoms with van der Waals surface area (Å²) in [6.07, 6.45) is 0.674. The molecule has 2 N–H and O–H groups in total. The Morgan fingerprint density at radius 1 is 1.29 bits per heavy atom. The van der Waals surface area contributed by atoms with Crippen LogP contribution in [0.3, 0.4) is 0 Å². The van der Waals surface area contributed by atoms with E-state index < -0.39 is 10.2 Å². The van der Waals surface area contributed by atoms with Gasteiger partial charge >= 0.3 is 0 Å². The van der Waals surface area contributed by atoms with E-state index in [0.29, 0.717) is 13.0 Å². The molecule has 0 atom stereocenters. The Kier molecular flexibility index (Phi) is 3.62. The van der Waals surface area contributed by atoms with E-state index in [0.717, 1.165) is 9.87 Å². The summed E-state index contributed by atoms with van der Waals surface area (Å²) < 4.78 is 22.9. The van der Waals surface area contributed by atoms with Gasteiger partial charge in [-0.2, -0.15) is 12.7 Å². The SMILES string of the molecule is CN(CCc1ccccc1)S(N)(=O)=O. The molecular formula is C9H14N2O2S. The van der Waals surface area contributed by atoms with Gasteiger partial charge in [-0.3, -0.25) is 0 Å². The van der Waals surface area contributed by atoms with Gasteiger partial charge in [0.15, 0.2) is 0 Å². The molecule has 0 saturated carbocycles. The molecule has 0 amide bonds. The monoisotopic (exact) mass is 214 g/mol. The maximum Gasteiger partial charge on any atom is 0.276 e. The van der Waals surface area contributed by atoms with Gasteiger partial charge in [0.25, 0.3) is 10.2 Å². The molecule has 5 heteroatoms. The molecule has 0 bridgehead atoms. The summed E-state index contributed by atoms with van der Waals surface area (Å²) in [6.45, 7) is 0.406. The van der Waals surface area contributed by atoms with Crippen molar-refractivity contribution in [2.24, 2.45) is 5.14 Å². The first kappa shape index (κ1) is 11.2. The quantitative estimate of drug-likeness (QED) is 0.786. The average molecular weight is 214 g/mol. The van der Waals surface area contributed by atoms with Crippen molar-refractivity contribution in [1.82, 2.24) is 4.31 Å². The maximum atomic E-state index is 10.9. The summed E-state index contributed by atoms with van der Waals surface area (Å²) in [7, 11) is -2.07. The van der Waals surface area contributed by atoms with Gasteiger partial charge in [-0.15, -0.1) is 0 Å². The zero-order chi connectivity index (χ0) is 10.6. The standard InChI is InChI=1S/C9H14N2O2S/c1-11(14(10,12)13)8-7-9-5-3-2-4-6-9/h2-6H,7-8H2,1H3,(H2,10,12,13). The van der Waals surface area contributed by atoms with Gasteiger partial charge in [-0.05, 0) is 12.0 Å². The lowest BCUT2D eigenvalue weighted by atomic mass is 10.2. The number of hydrogen-bond donors (Lipinski definition) is 1. The highest BCUT2D eigenvalue weighted by molar-refractivity contribution is 7.86. The molecule has 0 radical (unpaired) electrons. The molecule has 0 fully saturated rings. The van der Waals surface area contributed by atoms with Crippen LogP contribution >= 0.6 is 0 Å². The zero-order valence-electron chi connectivity index (χ0n) is 8.05. The summed E-state index contributed by atoms with van der Waals surface area (Å²) in [5.74, 6) is 0. The normalized spacial score (nSPS) is 11.9. The molecular weight excluding hydrogens is 200 g/mol. The topological polar surface area (TPSA) is 63.4 Å². The molecule has 0 aliphatic carbocycles. The van der Waals surface area contributed by atoms with Crippen molar-refractivity contribution < 1.29 is 8.42 Å². The predicted octanol–water partition coefficient (Wildman–Crippen LogP) is 0.364. The fourth-order valence-corrected chi connectivity index (χ4v) is 1.40. The van der Waals surface area contributed by atoms with Crippen LogP contribution in [-0.4, -0.2) is 26.3 Å². The Bertz CT molecular complexity index is 375. The molecule has 0 aliphatic rings. The minimum Gasteiger partial charge on any atom is -0.216 e. The highest BCUT2D eigenvalue weighted by Crippen LogP contribution is 2.01. The lowest BCUT2D eigenvalue weighted by Crippen LogP contribution is -2.34. The van der Waals surface area contributed by atoms with E-state index in [1.54, 1.807) is 0 Å². The molecule has 0 spiro atoms. The van der Waals surface area contributed by atoms with Crippen LogP contribution in [0, 0.1) is 0 Å². The van der Waals surface area contributed by atoms with Gasteiger partial charge in [0.2, 0.25) is 0 Å². The number of hydrogen-bond acceptors (Lipinski definition) is 2. The van der Waals surface area contributed by atoms with Gasteiger partial charge in [-0.1, -0.05) is 30.3 Å². The number of rotatable bonds is 4. The van der Waals surface area contributed by atoms with E-state index in [2.05, 4.69) is 0 Å². The third-order valence-electron chi connectivity index (χ3n) is 1.99. The molecule has 1 aromatic carbocycles. The Morgan fingerprint density at radius 3 is 2.36 bits per heavy atom. The third-order valence-corrected chi connectivity index (χ3v) is 3.04. The second kappa shape index (κ2) is 4.54. The molecule has 0 saturated heterocycles. The predicted molar refractivity (Wildman–Crippen MR) is 55.9 cm³/mol. The van der Waals surface area contributed by atoms with E-state index in [9.17, 15) is 8.42 Å². The summed E-state index contributed by atoms with van der Waals surface area (Å²) in [5, 5.41) is 4.94. The first-order chi connectivity index (χ1) is 6.50. The summed E-state index contributed by atoms with van der Waals surface area (Å²) in [4.78, 5) is 0. The Labute approximate surface area is 84.5 Å². The van der Waals surface area contributed by atoms with Crippen LogP contribution in [0.15, 0.2) is 30.3 Å². The van der Waals surface area contributed by atoms with Crippen molar-refractivity contribution >= 4 is 10.2 Å². The fourth-order valence-electron chi connectivity index (χ4n) is 1.06. The summed E-state index contributed by atoms with van der Waals surface area (Å²) >= 11 is 0. The van der Waals surface area contributed by atoms with Crippen LogP contribution in [0.1, 0.15) is 5.56 Å². The lowest BCUT2D eigenvalue weighted by Gasteiger charge is -2.12. The minimum absolute atomic E-state index is 0.406. The van der Waals surface area contributed by atoms with Crippen LogP contribution in [0.2, 0.25) is 0 Å². The number of nitrogens with zero attached hydrogens (tertiary/aromatic N) is 1. The lowest BCUT2D eigenvalue weighted by molar-refractivity contribution is 0.474. The van der Waals surface area contributed by atoms with E-state index >= 15 is 0 Å². The zero-order valence-corrected chi connectivity index (χ0v) is 8.87. The molecule has 14 heavy (non-hydrogen) atoms. The second-order valence-corrected chi connectivity index (χ2v) is 4.76. The van der Waals surface area contributed by atoms with E-state index in [1.165, 1.54) is 7.05 Å². The summed E-state index contributed by atoms with van der Waals surface area (Å²) in [5.41, 5.74) is 1.10. The van der Waals surface area contributed by atoms with Gasteiger partial charge in [0, 0.05) is 13.6 Å². The number of likely N-dealkylation sites (N-methyl/N-ethyl adjacent to an activating group) is 1. The van der Waals surface area contributed by atoms with E-state index in [1.807, 2.05) is 30.3 Å². The Morgan fingerprint density at radius 2 is 1.86 bits per heavy atom. The average Bonchev–Trinajstić information content (AvgIpc) is 2.14. The second-order valence-electron chi connectivity index (χ2n) is 3.10. The summed E-state index contributed by atoms with van der Waals surface area (Å²) in [6, 6.07) is 9.68. The van der Waals surface area contributed by atoms with Crippen molar-refractivity contribution in [2.45, 2.75) is 6.42 Å². The molecule has 0 aromatic heterocycles. The Balaban J connectivity index is 2.50. The van der Waals surface area contributed by atoms with Crippen LogP contribution in [-0.2, 0) is 16.6 Å². The molecule has 0 heterocycles. The molecule has 0 aliphatic heterocycles. The third kappa shape index (κ3) is 3.45. The molecule has 4 nitrogen and oxygen atoms in total. The maximum absolute atomic E-state index is 10.9. The molecule has 78 valence electrons. The molecule has 0 unspecified atom stereocenters. The van der Waals surface area contributed by atoms with Crippen molar-refractivity contribution in [2.75, 3.05) is 13.6 Å². The largest absolute Gasteiger partial charge is 0.276 e. The Hall–Kier alpha value is -0.910. The number of benzene rings is 1. The fraction of sp³-hybridized carbons (Fsp3) is 0.333. The first-order valence-corrected chi connectivity index (χ1v) is 5.78.